The summed E-state index contributed by atoms with van der Waals surface area (Å²) in [5.41, 5.74) is 0. The number of hydrogen-bond acceptors (Lipinski definition) is 4. The third kappa shape index (κ3) is 31.3. The number of hydrogen-bond donors (Lipinski definition) is 1. The van der Waals surface area contributed by atoms with Crippen LogP contribution in [-0.4, -0.2) is 43.4 Å². The molecule has 0 aliphatic heterocycles. The van der Waals surface area contributed by atoms with E-state index in [1.54, 1.807) is 0 Å². The van der Waals surface area contributed by atoms with E-state index in [2.05, 4.69) is 21.1 Å². The maximum Gasteiger partial charge on any atom is 0.282 e. The standard InChI is InChI=1S/C6H16NO.IO3/c1-6(8)5-7(2,3)4;2-1(3)4/h6,8H,5H2,1-4H3;/q+1;-1. The van der Waals surface area contributed by atoms with Gasteiger partial charge in [-0.1, -0.05) is 0 Å². The number of rotatable bonds is 2. The number of aliphatic hydroxyl groups excluding tert-OH is 1. The molecule has 0 aromatic rings. The molecule has 0 aliphatic carbocycles. The van der Waals surface area contributed by atoms with Gasteiger partial charge in [0.2, 0.25) is 0 Å². The molecule has 0 aromatic heterocycles. The minimum atomic E-state index is -4.01. The van der Waals surface area contributed by atoms with Gasteiger partial charge in [0.15, 0.2) is 0 Å². The molecule has 6 heteroatoms. The van der Waals surface area contributed by atoms with Crippen LogP contribution in [0, 0.1) is 0 Å². The van der Waals surface area contributed by atoms with E-state index >= 15 is 0 Å². The Morgan fingerprint density at radius 3 is 1.50 bits per heavy atom. The molecule has 0 heterocycles. The van der Waals surface area contributed by atoms with E-state index in [0.29, 0.717) is 0 Å². The Balaban J connectivity index is 0. The number of halogens is 1. The molecule has 0 rings (SSSR count). The molecule has 0 aromatic carbocycles. The van der Waals surface area contributed by atoms with Crippen LogP contribution in [0.15, 0.2) is 0 Å². The average Bonchev–Trinajstić information content (AvgIpc) is 1.52. The van der Waals surface area contributed by atoms with E-state index in [9.17, 15) is 0 Å². The number of likely N-dealkylation sites (N-methyl/N-ethyl adjacent to an activating group) is 1. The van der Waals surface area contributed by atoms with E-state index < -0.39 is 21.1 Å². The Morgan fingerprint density at radius 1 is 1.25 bits per heavy atom. The fourth-order valence-electron chi connectivity index (χ4n) is 0.793. The molecular weight excluding hydrogens is 277 g/mol. The van der Waals surface area contributed by atoms with Crippen molar-refractivity contribution in [3.05, 3.63) is 0 Å². The van der Waals surface area contributed by atoms with Crippen LogP contribution in [0.2, 0.25) is 0 Å². The lowest BCUT2D eigenvalue weighted by molar-refractivity contribution is -1.73. The first kappa shape index (κ1) is 15.0. The van der Waals surface area contributed by atoms with Crippen LogP contribution in [0.4, 0.5) is 0 Å². The van der Waals surface area contributed by atoms with Gasteiger partial charge in [-0.3, -0.25) is 0 Å². The SMILES string of the molecule is CC(O)C[N+](C)(C)C.[O-][I+2]([O-])[O-]. The monoisotopic (exact) mass is 293 g/mol. The number of quaternary nitrogens is 1. The summed E-state index contributed by atoms with van der Waals surface area (Å²) in [5, 5.41) is 8.87. The first-order valence-electron chi connectivity index (χ1n) is 3.36. The molecule has 5 nitrogen and oxygen atoms in total. The largest absolute Gasteiger partial charge is 0.427 e. The zero-order valence-corrected chi connectivity index (χ0v) is 9.94. The molecule has 12 heavy (non-hydrogen) atoms. The molecule has 1 unspecified atom stereocenters. The maximum atomic E-state index is 8.87. The molecule has 0 fully saturated rings. The minimum Gasteiger partial charge on any atom is -0.427 e. The van der Waals surface area contributed by atoms with Crippen LogP contribution in [-0.2, 0) is 0 Å². The first-order chi connectivity index (χ1) is 5.15. The molecule has 0 amide bonds. The predicted molar refractivity (Wildman–Crippen MR) is 34.6 cm³/mol. The zero-order chi connectivity index (χ0) is 10.4. The van der Waals surface area contributed by atoms with Gasteiger partial charge in [0.25, 0.3) is 21.1 Å². The second-order valence-corrected chi connectivity index (χ2v) is 4.59. The lowest BCUT2D eigenvalue weighted by Gasteiger charge is -2.24. The first-order valence-corrected chi connectivity index (χ1v) is 6.01. The molecule has 0 aliphatic rings. The van der Waals surface area contributed by atoms with Gasteiger partial charge in [-0.2, -0.15) is 0 Å². The lowest BCUT2D eigenvalue weighted by Crippen LogP contribution is -4.05. The van der Waals surface area contributed by atoms with Crippen molar-refractivity contribution < 1.29 is 41.0 Å². The van der Waals surface area contributed by atoms with Crippen molar-refractivity contribution in [1.29, 1.82) is 0 Å². The summed E-state index contributed by atoms with van der Waals surface area (Å²) < 4.78 is 26.6. The lowest BCUT2D eigenvalue weighted by atomic mass is 10.3. The maximum absolute atomic E-state index is 8.87. The van der Waals surface area contributed by atoms with Gasteiger partial charge in [0.05, 0.1) is 21.1 Å². The second-order valence-electron chi connectivity index (χ2n) is 3.51. The molecule has 1 N–H and O–H groups in total. The highest BCUT2D eigenvalue weighted by Crippen LogP contribution is 1.92. The second kappa shape index (κ2) is 6.98. The third-order valence-corrected chi connectivity index (χ3v) is 0.812. The quantitative estimate of drug-likeness (QED) is 0.405. The zero-order valence-electron chi connectivity index (χ0n) is 7.78. The molecular formula is C6H16INO4. The highest BCUT2D eigenvalue weighted by atomic mass is 127. The van der Waals surface area contributed by atoms with Gasteiger partial charge in [0, 0.05) is 0 Å². The van der Waals surface area contributed by atoms with E-state index in [-0.39, 0.29) is 6.10 Å². The minimum absolute atomic E-state index is 0.185. The van der Waals surface area contributed by atoms with Gasteiger partial charge >= 0.3 is 0 Å². The summed E-state index contributed by atoms with van der Waals surface area (Å²) in [6.07, 6.45) is -0.185. The summed E-state index contributed by atoms with van der Waals surface area (Å²) in [7, 11) is 6.19. The summed E-state index contributed by atoms with van der Waals surface area (Å²) in [6.45, 7) is 2.63. The van der Waals surface area contributed by atoms with Crippen molar-refractivity contribution >= 4 is 0 Å². The third-order valence-electron chi connectivity index (χ3n) is 0.812. The topological polar surface area (TPSA) is 89.4 Å². The van der Waals surface area contributed by atoms with Gasteiger partial charge < -0.3 is 19.9 Å². The molecule has 1 atom stereocenters. The Labute approximate surface area is 81.9 Å². The van der Waals surface area contributed by atoms with Crippen LogP contribution in [0.5, 0.6) is 0 Å². The van der Waals surface area contributed by atoms with Crippen molar-refractivity contribution in [1.82, 2.24) is 0 Å². The van der Waals surface area contributed by atoms with Crippen LogP contribution in [0.25, 0.3) is 0 Å². The van der Waals surface area contributed by atoms with Crippen molar-refractivity contribution in [2.24, 2.45) is 0 Å². The number of nitrogens with zero attached hydrogens (tertiary/aromatic N) is 1. The highest BCUT2D eigenvalue weighted by Gasteiger charge is 2.09. The Kier molecular flexibility index (Phi) is 8.74. The smallest absolute Gasteiger partial charge is 0.282 e. The Morgan fingerprint density at radius 2 is 1.50 bits per heavy atom. The Hall–Kier alpha value is 0.530. The molecule has 0 spiro atoms. The molecule has 0 saturated heterocycles. The van der Waals surface area contributed by atoms with E-state index in [4.69, 9.17) is 15.4 Å². The molecule has 76 valence electrons. The van der Waals surface area contributed by atoms with Gasteiger partial charge in [-0.15, -0.1) is 0 Å². The summed E-state index contributed by atoms with van der Waals surface area (Å²) in [5.74, 6) is 0. The normalized spacial score (nSPS) is 13.8. The van der Waals surface area contributed by atoms with Gasteiger partial charge in [-0.05, 0) is 6.92 Å². The van der Waals surface area contributed by atoms with Crippen molar-refractivity contribution in [2.45, 2.75) is 13.0 Å². The summed E-state index contributed by atoms with van der Waals surface area (Å²) in [4.78, 5) is 0. The highest BCUT2D eigenvalue weighted by molar-refractivity contribution is 4.39. The molecule has 0 radical (unpaired) electrons. The van der Waals surface area contributed by atoms with Crippen LogP contribution >= 0.6 is 0 Å². The van der Waals surface area contributed by atoms with Crippen molar-refractivity contribution in [2.75, 3.05) is 27.7 Å². The predicted octanol–water partition coefficient (Wildman–Crippen LogP) is -6.49. The molecule has 0 bridgehead atoms. The fourth-order valence-corrected chi connectivity index (χ4v) is 0.793. The van der Waals surface area contributed by atoms with Crippen LogP contribution in [0.1, 0.15) is 6.92 Å². The van der Waals surface area contributed by atoms with Gasteiger partial charge in [0.1, 0.15) is 12.6 Å². The van der Waals surface area contributed by atoms with E-state index in [1.807, 2.05) is 6.92 Å². The number of aliphatic hydroxyl groups is 1. The van der Waals surface area contributed by atoms with Crippen molar-refractivity contribution in [3.8, 4) is 0 Å². The molecule has 0 saturated carbocycles. The van der Waals surface area contributed by atoms with Crippen molar-refractivity contribution in [3.63, 3.8) is 0 Å². The van der Waals surface area contributed by atoms with Crippen LogP contribution in [0.3, 0.4) is 0 Å². The van der Waals surface area contributed by atoms with Crippen LogP contribution < -0.4 is 31.4 Å². The average molecular weight is 293 g/mol. The summed E-state index contributed by atoms with van der Waals surface area (Å²) >= 11 is -4.01. The Bertz CT molecular complexity index is 99.5. The summed E-state index contributed by atoms with van der Waals surface area (Å²) in [6, 6.07) is 0. The fraction of sp³-hybridized carbons (Fsp3) is 1.00. The van der Waals surface area contributed by atoms with E-state index in [0.717, 1.165) is 11.0 Å². The van der Waals surface area contributed by atoms with E-state index in [1.165, 1.54) is 0 Å². The van der Waals surface area contributed by atoms with Gasteiger partial charge in [-0.25, -0.2) is 0 Å².